The van der Waals surface area contributed by atoms with E-state index in [-0.39, 0.29) is 6.10 Å². The summed E-state index contributed by atoms with van der Waals surface area (Å²) in [7, 11) is 0. The number of unbranched alkanes of at least 4 members (excludes halogenated alkanes) is 9. The van der Waals surface area contributed by atoms with Gasteiger partial charge in [-0.1, -0.05) is 89.7 Å². The summed E-state index contributed by atoms with van der Waals surface area (Å²) in [5.74, 6) is -0.428. The molecule has 1 atom stereocenters. The lowest BCUT2D eigenvalue weighted by molar-refractivity contribution is 0.0196. The zero-order valence-corrected chi connectivity index (χ0v) is 19.7. The maximum atomic E-state index is 12.7. The second-order valence-electron chi connectivity index (χ2n) is 9.02. The number of hydrogen-bond donors (Lipinski definition) is 0. The Morgan fingerprint density at radius 3 is 1.94 bits per heavy atom. The molecule has 0 bridgehead atoms. The number of hydrogen-bond acceptors (Lipinski definition) is 4. The number of carbonyl (C=O) groups is 2. The van der Waals surface area contributed by atoms with Crippen molar-refractivity contribution in [2.45, 2.75) is 110 Å². The van der Waals surface area contributed by atoms with E-state index in [4.69, 9.17) is 9.47 Å². The molecule has 1 fully saturated rings. The first kappa shape index (κ1) is 25.4. The van der Waals surface area contributed by atoms with Crippen LogP contribution in [0.5, 0.6) is 0 Å². The smallest absolute Gasteiger partial charge is 0.339 e. The molecule has 2 rings (SSSR count). The molecule has 31 heavy (non-hydrogen) atoms. The molecule has 1 aromatic carbocycles. The quantitative estimate of drug-likeness (QED) is 0.213. The summed E-state index contributed by atoms with van der Waals surface area (Å²) in [5.41, 5.74) is 0.610. The van der Waals surface area contributed by atoms with Gasteiger partial charge in [-0.05, 0) is 44.2 Å². The second-order valence-corrected chi connectivity index (χ2v) is 9.02. The van der Waals surface area contributed by atoms with Gasteiger partial charge in [-0.15, -0.1) is 0 Å². The third kappa shape index (κ3) is 9.45. The Balaban J connectivity index is 1.67. The lowest BCUT2D eigenvalue weighted by Gasteiger charge is -2.20. The van der Waals surface area contributed by atoms with Gasteiger partial charge in [0.15, 0.2) is 0 Å². The number of esters is 2. The van der Waals surface area contributed by atoms with E-state index in [1.54, 1.807) is 24.3 Å². The molecule has 1 unspecified atom stereocenters. The molecule has 0 heterocycles. The molecule has 1 aromatic rings. The molecule has 0 N–H and O–H groups in total. The van der Waals surface area contributed by atoms with Gasteiger partial charge in [0.05, 0.1) is 17.7 Å². The lowest BCUT2D eigenvalue weighted by Crippen LogP contribution is -2.23. The van der Waals surface area contributed by atoms with E-state index in [0.29, 0.717) is 23.7 Å². The second kappa shape index (κ2) is 15.0. The van der Waals surface area contributed by atoms with Gasteiger partial charge in [-0.25, -0.2) is 9.59 Å². The average molecular weight is 431 g/mol. The highest BCUT2D eigenvalue weighted by atomic mass is 16.5. The number of benzene rings is 1. The summed E-state index contributed by atoms with van der Waals surface area (Å²) in [5, 5.41) is 0. The Morgan fingerprint density at radius 2 is 1.35 bits per heavy atom. The molecule has 0 amide bonds. The molecule has 4 nitrogen and oxygen atoms in total. The number of ether oxygens (including phenoxy) is 2. The minimum Gasteiger partial charge on any atom is -0.462 e. The van der Waals surface area contributed by atoms with Crippen molar-refractivity contribution in [3.8, 4) is 0 Å². The first-order valence-electron chi connectivity index (χ1n) is 12.6. The van der Waals surface area contributed by atoms with Crippen molar-refractivity contribution in [3.05, 3.63) is 35.4 Å². The Hall–Kier alpha value is -1.84. The third-order valence-electron chi connectivity index (χ3n) is 6.45. The molecular formula is C27H42O4. The molecule has 0 aromatic heterocycles. The van der Waals surface area contributed by atoms with Crippen LogP contribution in [0.4, 0.5) is 0 Å². The minimum absolute atomic E-state index is 0.120. The molecule has 0 aliphatic heterocycles. The lowest BCUT2D eigenvalue weighted by atomic mass is 10.0. The molecule has 0 saturated heterocycles. The van der Waals surface area contributed by atoms with Crippen molar-refractivity contribution < 1.29 is 19.1 Å². The van der Waals surface area contributed by atoms with Crippen LogP contribution in [0.1, 0.15) is 124 Å². The number of carbonyl (C=O) groups excluding carboxylic acids is 2. The third-order valence-corrected chi connectivity index (χ3v) is 6.45. The van der Waals surface area contributed by atoms with Crippen LogP contribution in [0.25, 0.3) is 0 Å². The van der Waals surface area contributed by atoms with E-state index < -0.39 is 11.9 Å². The Kier molecular flexibility index (Phi) is 12.3. The molecular weight excluding hydrogens is 388 g/mol. The summed E-state index contributed by atoms with van der Waals surface area (Å²) in [4.78, 5) is 25.2. The van der Waals surface area contributed by atoms with Crippen LogP contribution in [-0.4, -0.2) is 24.6 Å². The minimum atomic E-state index is -0.433. The Bertz CT molecular complexity index is 648. The van der Waals surface area contributed by atoms with Crippen molar-refractivity contribution in [1.29, 1.82) is 0 Å². The van der Waals surface area contributed by atoms with Crippen molar-refractivity contribution in [2.75, 3.05) is 6.61 Å². The van der Waals surface area contributed by atoms with Crippen LogP contribution in [0, 0.1) is 5.92 Å². The topological polar surface area (TPSA) is 52.6 Å². The van der Waals surface area contributed by atoms with Crippen LogP contribution < -0.4 is 0 Å². The van der Waals surface area contributed by atoms with Crippen molar-refractivity contribution in [1.82, 2.24) is 0 Å². The van der Waals surface area contributed by atoms with E-state index in [1.165, 1.54) is 64.2 Å². The van der Waals surface area contributed by atoms with Gasteiger partial charge >= 0.3 is 11.9 Å². The summed E-state index contributed by atoms with van der Waals surface area (Å²) in [6.45, 7) is 4.60. The SMILES string of the molecule is CCCCCCCCCCCCOC(=O)c1ccccc1C(=O)OC(C)C1CCCC1. The van der Waals surface area contributed by atoms with Crippen LogP contribution in [0.15, 0.2) is 24.3 Å². The standard InChI is InChI=1S/C27H42O4/c1-3-4-5-6-7-8-9-10-11-16-21-30-26(28)24-19-14-15-20-25(24)27(29)31-22(2)23-17-12-13-18-23/h14-15,19-20,22-23H,3-13,16-18,21H2,1-2H3. The molecule has 174 valence electrons. The van der Waals surface area contributed by atoms with E-state index in [9.17, 15) is 9.59 Å². The fourth-order valence-corrected chi connectivity index (χ4v) is 4.43. The van der Waals surface area contributed by atoms with Crippen LogP contribution in [-0.2, 0) is 9.47 Å². The molecule has 4 heteroatoms. The van der Waals surface area contributed by atoms with E-state index >= 15 is 0 Å². The normalized spacial score (nSPS) is 15.0. The Morgan fingerprint density at radius 1 is 0.839 bits per heavy atom. The maximum absolute atomic E-state index is 12.7. The van der Waals surface area contributed by atoms with Crippen LogP contribution in [0.2, 0.25) is 0 Å². The van der Waals surface area contributed by atoms with Crippen molar-refractivity contribution in [3.63, 3.8) is 0 Å². The highest BCUT2D eigenvalue weighted by molar-refractivity contribution is 6.03. The van der Waals surface area contributed by atoms with Crippen LogP contribution in [0.3, 0.4) is 0 Å². The van der Waals surface area contributed by atoms with Crippen molar-refractivity contribution in [2.24, 2.45) is 5.92 Å². The highest BCUT2D eigenvalue weighted by Gasteiger charge is 2.26. The fraction of sp³-hybridized carbons (Fsp3) is 0.704. The van der Waals surface area contributed by atoms with Gasteiger partial charge in [0.25, 0.3) is 0 Å². The predicted octanol–water partition coefficient (Wildman–Crippen LogP) is 7.50. The molecule has 1 aliphatic rings. The highest BCUT2D eigenvalue weighted by Crippen LogP contribution is 2.29. The van der Waals surface area contributed by atoms with Crippen LogP contribution >= 0.6 is 0 Å². The van der Waals surface area contributed by atoms with Crippen molar-refractivity contribution >= 4 is 11.9 Å². The molecule has 0 spiro atoms. The van der Waals surface area contributed by atoms with E-state index in [2.05, 4.69) is 6.92 Å². The summed E-state index contributed by atoms with van der Waals surface area (Å²) >= 11 is 0. The largest absolute Gasteiger partial charge is 0.462 e. The first-order chi connectivity index (χ1) is 15.1. The van der Waals surface area contributed by atoms with Gasteiger partial charge in [-0.2, -0.15) is 0 Å². The fourth-order valence-electron chi connectivity index (χ4n) is 4.43. The van der Waals surface area contributed by atoms with Gasteiger partial charge < -0.3 is 9.47 Å². The van der Waals surface area contributed by atoms with Gasteiger partial charge in [0, 0.05) is 0 Å². The molecule has 1 aliphatic carbocycles. The zero-order valence-electron chi connectivity index (χ0n) is 19.7. The van der Waals surface area contributed by atoms with Gasteiger partial charge in [0.2, 0.25) is 0 Å². The summed E-state index contributed by atoms with van der Waals surface area (Å²) in [6.07, 6.45) is 16.9. The summed E-state index contributed by atoms with van der Waals surface area (Å²) < 4.78 is 11.1. The van der Waals surface area contributed by atoms with Gasteiger partial charge in [0.1, 0.15) is 6.10 Å². The predicted molar refractivity (Wildman–Crippen MR) is 125 cm³/mol. The first-order valence-corrected chi connectivity index (χ1v) is 12.6. The molecule has 0 radical (unpaired) electrons. The van der Waals surface area contributed by atoms with E-state index in [0.717, 1.165) is 25.7 Å². The zero-order chi connectivity index (χ0) is 22.3. The maximum Gasteiger partial charge on any atom is 0.339 e. The summed E-state index contributed by atoms with van der Waals surface area (Å²) in [6, 6.07) is 6.82. The van der Waals surface area contributed by atoms with Gasteiger partial charge in [-0.3, -0.25) is 0 Å². The Labute approximate surface area is 189 Å². The number of rotatable bonds is 15. The average Bonchev–Trinajstić information content (AvgIpc) is 3.32. The molecule has 1 saturated carbocycles. The monoisotopic (exact) mass is 430 g/mol. The van der Waals surface area contributed by atoms with E-state index in [1.807, 2.05) is 6.92 Å².